The standard InChI is InChI=1S/C9H16O4/c1-2-3-9(12,8(11)5-10)4-7-6-13-7/h2,7-8,10-12H,1,3-6H2. The van der Waals surface area contributed by atoms with Gasteiger partial charge in [-0.15, -0.1) is 6.58 Å². The molecule has 0 radical (unpaired) electrons. The molecule has 1 rings (SSSR count). The summed E-state index contributed by atoms with van der Waals surface area (Å²) in [7, 11) is 0. The first-order chi connectivity index (χ1) is 6.12. The predicted octanol–water partition coefficient (Wildman–Crippen LogP) is -0.564. The van der Waals surface area contributed by atoms with E-state index in [1.54, 1.807) is 0 Å². The maximum atomic E-state index is 9.93. The van der Waals surface area contributed by atoms with E-state index in [-0.39, 0.29) is 12.5 Å². The van der Waals surface area contributed by atoms with Gasteiger partial charge < -0.3 is 20.1 Å². The number of ether oxygens (including phenoxy) is 1. The molecule has 4 nitrogen and oxygen atoms in total. The molecule has 1 aliphatic rings. The van der Waals surface area contributed by atoms with Gasteiger partial charge >= 0.3 is 0 Å². The molecule has 3 atom stereocenters. The van der Waals surface area contributed by atoms with Crippen LogP contribution in [0.2, 0.25) is 0 Å². The van der Waals surface area contributed by atoms with Crippen LogP contribution in [0.1, 0.15) is 12.8 Å². The molecule has 1 aliphatic heterocycles. The zero-order valence-corrected chi connectivity index (χ0v) is 7.52. The van der Waals surface area contributed by atoms with Crippen molar-refractivity contribution in [2.75, 3.05) is 13.2 Å². The summed E-state index contributed by atoms with van der Waals surface area (Å²) in [5, 5.41) is 28.1. The van der Waals surface area contributed by atoms with Gasteiger partial charge in [0.25, 0.3) is 0 Å². The zero-order chi connectivity index (χ0) is 9.90. The van der Waals surface area contributed by atoms with E-state index in [4.69, 9.17) is 9.84 Å². The highest BCUT2D eigenvalue weighted by atomic mass is 16.6. The van der Waals surface area contributed by atoms with Crippen LogP contribution in [-0.4, -0.2) is 46.3 Å². The van der Waals surface area contributed by atoms with E-state index in [1.165, 1.54) is 6.08 Å². The lowest BCUT2D eigenvalue weighted by molar-refractivity contribution is -0.100. The summed E-state index contributed by atoms with van der Waals surface area (Å²) in [4.78, 5) is 0. The summed E-state index contributed by atoms with van der Waals surface area (Å²) in [6, 6.07) is 0. The normalized spacial score (nSPS) is 27.8. The van der Waals surface area contributed by atoms with Crippen LogP contribution in [0.25, 0.3) is 0 Å². The maximum Gasteiger partial charge on any atom is 0.106 e. The molecular formula is C9H16O4. The fourth-order valence-electron chi connectivity index (χ4n) is 1.36. The van der Waals surface area contributed by atoms with Gasteiger partial charge in [-0.05, 0) is 6.42 Å². The molecule has 0 aromatic carbocycles. The van der Waals surface area contributed by atoms with Crippen molar-refractivity contribution in [1.29, 1.82) is 0 Å². The molecule has 1 heterocycles. The SMILES string of the molecule is C=CCC(O)(CC1CO1)C(O)CO. The van der Waals surface area contributed by atoms with Crippen molar-refractivity contribution in [3.63, 3.8) is 0 Å². The Morgan fingerprint density at radius 2 is 2.31 bits per heavy atom. The van der Waals surface area contributed by atoms with Crippen LogP contribution in [0, 0.1) is 0 Å². The highest BCUT2D eigenvalue weighted by Crippen LogP contribution is 2.28. The lowest BCUT2D eigenvalue weighted by Gasteiger charge is -2.30. The van der Waals surface area contributed by atoms with Gasteiger partial charge in [-0.2, -0.15) is 0 Å². The molecule has 0 saturated carbocycles. The third-order valence-electron chi connectivity index (χ3n) is 2.27. The van der Waals surface area contributed by atoms with E-state index in [1.807, 2.05) is 0 Å². The molecule has 0 bridgehead atoms. The average molecular weight is 188 g/mol. The van der Waals surface area contributed by atoms with Gasteiger partial charge in [-0.25, -0.2) is 0 Å². The second-order valence-electron chi connectivity index (χ2n) is 3.45. The van der Waals surface area contributed by atoms with Crippen molar-refractivity contribution in [3.8, 4) is 0 Å². The molecule has 4 heteroatoms. The van der Waals surface area contributed by atoms with Crippen LogP contribution in [0.3, 0.4) is 0 Å². The molecular weight excluding hydrogens is 172 g/mol. The molecule has 13 heavy (non-hydrogen) atoms. The maximum absolute atomic E-state index is 9.93. The molecule has 0 aliphatic carbocycles. The lowest BCUT2D eigenvalue weighted by atomic mass is 9.88. The first-order valence-electron chi connectivity index (χ1n) is 4.36. The summed E-state index contributed by atoms with van der Waals surface area (Å²) in [5.41, 5.74) is -1.29. The summed E-state index contributed by atoms with van der Waals surface area (Å²) >= 11 is 0. The minimum absolute atomic E-state index is 0.0196. The largest absolute Gasteiger partial charge is 0.394 e. The van der Waals surface area contributed by atoms with Crippen molar-refractivity contribution >= 4 is 0 Å². The number of epoxide rings is 1. The van der Waals surface area contributed by atoms with Crippen molar-refractivity contribution in [1.82, 2.24) is 0 Å². The smallest absolute Gasteiger partial charge is 0.106 e. The Morgan fingerprint density at radius 3 is 2.69 bits per heavy atom. The number of hydrogen-bond donors (Lipinski definition) is 3. The number of rotatable bonds is 6. The van der Waals surface area contributed by atoms with Crippen molar-refractivity contribution in [2.45, 2.75) is 30.7 Å². The van der Waals surface area contributed by atoms with Gasteiger partial charge in [0.2, 0.25) is 0 Å². The third-order valence-corrected chi connectivity index (χ3v) is 2.27. The van der Waals surface area contributed by atoms with Crippen molar-refractivity contribution < 1.29 is 20.1 Å². The van der Waals surface area contributed by atoms with E-state index in [9.17, 15) is 10.2 Å². The van der Waals surface area contributed by atoms with Gasteiger partial charge in [0.05, 0.1) is 24.9 Å². The van der Waals surface area contributed by atoms with Crippen LogP contribution >= 0.6 is 0 Å². The van der Waals surface area contributed by atoms with Crippen LogP contribution in [0.15, 0.2) is 12.7 Å². The summed E-state index contributed by atoms with van der Waals surface area (Å²) in [6.45, 7) is 3.67. The Morgan fingerprint density at radius 1 is 1.69 bits per heavy atom. The van der Waals surface area contributed by atoms with E-state index >= 15 is 0 Å². The Bertz CT molecular complexity index is 178. The van der Waals surface area contributed by atoms with Gasteiger partial charge in [-0.3, -0.25) is 0 Å². The number of hydrogen-bond acceptors (Lipinski definition) is 4. The topological polar surface area (TPSA) is 73.2 Å². The van der Waals surface area contributed by atoms with Crippen molar-refractivity contribution in [3.05, 3.63) is 12.7 Å². The molecule has 1 fully saturated rings. The van der Waals surface area contributed by atoms with E-state index in [2.05, 4.69) is 6.58 Å². The number of aliphatic hydroxyl groups is 3. The Hall–Kier alpha value is -0.420. The monoisotopic (exact) mass is 188 g/mol. The molecule has 0 amide bonds. The molecule has 0 spiro atoms. The third kappa shape index (κ3) is 2.77. The van der Waals surface area contributed by atoms with Gasteiger partial charge in [0.15, 0.2) is 0 Å². The Labute approximate surface area is 77.5 Å². The first-order valence-corrected chi connectivity index (χ1v) is 4.36. The molecule has 3 unspecified atom stereocenters. The highest BCUT2D eigenvalue weighted by molar-refractivity contribution is 4.96. The molecule has 3 N–H and O–H groups in total. The highest BCUT2D eigenvalue weighted by Gasteiger charge is 2.40. The summed E-state index contributed by atoms with van der Waals surface area (Å²) < 4.78 is 4.96. The molecule has 1 saturated heterocycles. The molecule has 0 aromatic heterocycles. The minimum atomic E-state index is -1.29. The minimum Gasteiger partial charge on any atom is -0.394 e. The van der Waals surface area contributed by atoms with Crippen LogP contribution in [0.4, 0.5) is 0 Å². The van der Waals surface area contributed by atoms with Gasteiger partial charge in [-0.1, -0.05) is 6.08 Å². The second kappa shape index (κ2) is 4.19. The first kappa shape index (κ1) is 10.7. The fourth-order valence-corrected chi connectivity index (χ4v) is 1.36. The summed E-state index contributed by atoms with van der Waals surface area (Å²) in [5.74, 6) is 0. The zero-order valence-electron chi connectivity index (χ0n) is 7.52. The predicted molar refractivity (Wildman–Crippen MR) is 47.2 cm³/mol. The second-order valence-corrected chi connectivity index (χ2v) is 3.45. The average Bonchev–Trinajstić information content (AvgIpc) is 2.87. The molecule has 76 valence electrons. The van der Waals surface area contributed by atoms with E-state index in [0.717, 1.165) is 0 Å². The van der Waals surface area contributed by atoms with Crippen LogP contribution in [-0.2, 0) is 4.74 Å². The quantitative estimate of drug-likeness (QED) is 0.386. The van der Waals surface area contributed by atoms with Gasteiger partial charge in [0.1, 0.15) is 6.10 Å². The van der Waals surface area contributed by atoms with E-state index < -0.39 is 18.3 Å². The van der Waals surface area contributed by atoms with Crippen molar-refractivity contribution in [2.24, 2.45) is 0 Å². The van der Waals surface area contributed by atoms with E-state index in [0.29, 0.717) is 13.0 Å². The Kier molecular flexibility index (Phi) is 3.44. The number of aliphatic hydroxyl groups excluding tert-OH is 2. The lowest BCUT2D eigenvalue weighted by Crippen LogP contribution is -2.45. The van der Waals surface area contributed by atoms with Crippen LogP contribution < -0.4 is 0 Å². The molecule has 0 aromatic rings. The summed E-state index contributed by atoms with van der Waals surface area (Å²) in [6.07, 6.45) is 1.03. The fraction of sp³-hybridized carbons (Fsp3) is 0.778. The van der Waals surface area contributed by atoms with Gasteiger partial charge in [0, 0.05) is 6.42 Å². The van der Waals surface area contributed by atoms with Crippen LogP contribution in [0.5, 0.6) is 0 Å². The Balaban J connectivity index is 2.53.